The molecule has 0 aliphatic carbocycles. The summed E-state index contributed by atoms with van der Waals surface area (Å²) in [6.07, 6.45) is 0. The van der Waals surface area contributed by atoms with E-state index >= 15 is 0 Å². The van der Waals surface area contributed by atoms with Crippen molar-refractivity contribution in [1.82, 2.24) is 107 Å². The monoisotopic (exact) mass is 404 g/mol. The SMILES string of the molecule is Cc1nnn[n-]1.Cc1nnn[n-]1.Cc1nnn[n-]1.Cc1nnn[n-]1.[NH4+].[NH4+].[NH4+].[NH4+]. The fraction of sp³-hybridized carbons (Fsp3) is 0.500. The molecule has 0 unspecified atom stereocenters. The number of quaternary nitrogens is 4. The van der Waals surface area contributed by atoms with Crippen molar-refractivity contribution in [2.45, 2.75) is 27.7 Å². The van der Waals surface area contributed by atoms with Crippen LogP contribution in [0.5, 0.6) is 0 Å². The number of tetrazole rings is 4. The van der Waals surface area contributed by atoms with E-state index < -0.39 is 0 Å². The van der Waals surface area contributed by atoms with Crippen molar-refractivity contribution in [2.75, 3.05) is 0 Å². The number of hydrogen-bond acceptors (Lipinski definition) is 12. The Labute approximate surface area is 159 Å². The van der Waals surface area contributed by atoms with Crippen LogP contribution in [0.1, 0.15) is 23.3 Å². The molecule has 20 nitrogen and oxygen atoms in total. The minimum atomic E-state index is 0. The van der Waals surface area contributed by atoms with Gasteiger partial charge in [0.25, 0.3) is 0 Å². The van der Waals surface area contributed by atoms with Gasteiger partial charge in [0, 0.05) is 23.3 Å². The highest BCUT2D eigenvalue weighted by molar-refractivity contribution is 4.64. The van der Waals surface area contributed by atoms with Crippen molar-refractivity contribution in [3.63, 3.8) is 0 Å². The van der Waals surface area contributed by atoms with Gasteiger partial charge in [0.2, 0.25) is 0 Å². The standard InChI is InChI=1S/4C2H3N4.4H3N/c4*1-2-3-5-6-4-2;;;;/h4*1H3;4*1H3/q4*-1;;;;/p+4. The van der Waals surface area contributed by atoms with Gasteiger partial charge in [-0.3, -0.25) is 41.2 Å². The topological polar surface area (TPSA) is 357 Å². The molecule has 0 aromatic carbocycles. The molecule has 0 spiro atoms. The summed E-state index contributed by atoms with van der Waals surface area (Å²) in [6, 6.07) is 0. The van der Waals surface area contributed by atoms with Gasteiger partial charge in [-0.05, 0) is 27.7 Å². The highest BCUT2D eigenvalue weighted by Gasteiger charge is 1.65. The zero-order valence-electron chi connectivity index (χ0n) is 17.2. The van der Waals surface area contributed by atoms with Crippen molar-refractivity contribution < 1.29 is 0 Å². The lowest BCUT2D eigenvalue weighted by Crippen LogP contribution is -1.74. The normalized spacial score (nSPS) is 7.57. The number of aryl methyl sites for hydroxylation is 4. The summed E-state index contributed by atoms with van der Waals surface area (Å²) < 4.78 is 0. The summed E-state index contributed by atoms with van der Waals surface area (Å²) in [5.41, 5.74) is 0. The van der Waals surface area contributed by atoms with E-state index in [-0.39, 0.29) is 24.6 Å². The van der Waals surface area contributed by atoms with Crippen molar-refractivity contribution in [1.29, 1.82) is 0 Å². The fourth-order valence-electron chi connectivity index (χ4n) is 0.758. The van der Waals surface area contributed by atoms with Crippen molar-refractivity contribution in [3.05, 3.63) is 23.3 Å². The highest BCUT2D eigenvalue weighted by Crippen LogP contribution is 1.68. The van der Waals surface area contributed by atoms with E-state index in [1.54, 1.807) is 27.7 Å². The third kappa shape index (κ3) is 17.0. The van der Waals surface area contributed by atoms with Gasteiger partial charge in [0.05, 0.1) is 0 Å². The summed E-state index contributed by atoms with van der Waals surface area (Å²) in [6.45, 7) is 6.94. The Balaban J connectivity index is -0.000000131. The van der Waals surface area contributed by atoms with E-state index in [9.17, 15) is 0 Å². The molecule has 0 saturated heterocycles. The Morgan fingerprint density at radius 1 is 0.393 bits per heavy atom. The number of aromatic nitrogens is 16. The van der Waals surface area contributed by atoms with Crippen LogP contribution in [0.2, 0.25) is 0 Å². The minimum absolute atomic E-state index is 0. The maximum atomic E-state index is 3.44. The number of hydrogen-bond donors (Lipinski definition) is 4. The van der Waals surface area contributed by atoms with E-state index in [0.717, 1.165) is 0 Å². The fourth-order valence-corrected chi connectivity index (χ4v) is 0.758. The van der Waals surface area contributed by atoms with Crippen LogP contribution in [0.3, 0.4) is 0 Å². The van der Waals surface area contributed by atoms with Crippen LogP contribution in [-0.4, -0.2) is 62.1 Å². The zero-order chi connectivity index (χ0) is 17.6. The molecule has 4 heterocycles. The van der Waals surface area contributed by atoms with E-state index in [4.69, 9.17) is 0 Å². The van der Waals surface area contributed by atoms with E-state index in [2.05, 4.69) is 82.5 Å². The van der Waals surface area contributed by atoms with Gasteiger partial charge in [-0.25, -0.2) is 0 Å². The van der Waals surface area contributed by atoms with Crippen LogP contribution in [-0.2, 0) is 0 Å². The van der Waals surface area contributed by atoms with Crippen LogP contribution in [0.15, 0.2) is 0 Å². The van der Waals surface area contributed by atoms with Gasteiger partial charge in [-0.1, -0.05) is 0 Å². The highest BCUT2D eigenvalue weighted by atomic mass is 15.5. The Bertz CT molecular complexity index is 568. The lowest BCUT2D eigenvalue weighted by molar-refractivity contribution is 0.871. The summed E-state index contributed by atoms with van der Waals surface area (Å²) in [5, 5.41) is 53.2. The van der Waals surface area contributed by atoms with Crippen LogP contribution in [0.25, 0.3) is 0 Å². The average molecular weight is 404 g/mol. The Kier molecular flexibility index (Phi) is 22.1. The largest absolute Gasteiger partial charge is 0.369 e. The summed E-state index contributed by atoms with van der Waals surface area (Å²) in [4.78, 5) is 0. The molecular formula is C8H28N20. The second-order valence-corrected chi connectivity index (χ2v) is 3.70. The number of rotatable bonds is 0. The van der Waals surface area contributed by atoms with Gasteiger partial charge in [-0.15, -0.1) is 0 Å². The molecule has 0 bridgehead atoms. The van der Waals surface area contributed by atoms with Gasteiger partial charge in [-0.2, -0.15) is 20.9 Å². The van der Waals surface area contributed by atoms with Crippen LogP contribution in [0.4, 0.5) is 0 Å². The molecule has 28 heavy (non-hydrogen) atoms. The molecule has 0 aliphatic heterocycles. The zero-order valence-corrected chi connectivity index (χ0v) is 17.2. The molecule has 20 heteroatoms. The molecule has 4 rings (SSSR count). The summed E-state index contributed by atoms with van der Waals surface area (Å²) in [5.74, 6) is 2.48. The molecule has 4 aromatic rings. The van der Waals surface area contributed by atoms with Gasteiger partial charge in [0.15, 0.2) is 0 Å². The molecule has 0 atom stereocenters. The number of nitrogens with zero attached hydrogens (tertiary/aromatic N) is 16. The lowest BCUT2D eigenvalue weighted by atomic mass is 10.8. The van der Waals surface area contributed by atoms with Crippen LogP contribution < -0.4 is 45.0 Å². The van der Waals surface area contributed by atoms with E-state index in [1.807, 2.05) is 0 Å². The predicted molar refractivity (Wildman–Crippen MR) is 95.5 cm³/mol. The van der Waals surface area contributed by atoms with Gasteiger partial charge < -0.3 is 45.0 Å². The van der Waals surface area contributed by atoms with Crippen molar-refractivity contribution in [3.8, 4) is 0 Å². The van der Waals surface area contributed by atoms with Crippen LogP contribution >= 0.6 is 0 Å². The third-order valence-electron chi connectivity index (χ3n) is 1.68. The first-order valence-corrected chi connectivity index (χ1v) is 6.19. The summed E-state index contributed by atoms with van der Waals surface area (Å²) >= 11 is 0. The van der Waals surface area contributed by atoms with Gasteiger partial charge in [0.1, 0.15) is 0 Å². The minimum Gasteiger partial charge on any atom is -0.369 e. The Hall–Kier alpha value is -3.88. The van der Waals surface area contributed by atoms with Crippen molar-refractivity contribution >= 4 is 0 Å². The molecule has 0 radical (unpaired) electrons. The average Bonchev–Trinajstić information content (AvgIpc) is 3.31. The molecule has 0 aliphatic rings. The predicted octanol–water partition coefficient (Wildman–Crippen LogP) is -1.95. The molecular weight excluding hydrogens is 376 g/mol. The Morgan fingerprint density at radius 2 is 0.571 bits per heavy atom. The Morgan fingerprint density at radius 3 is 0.607 bits per heavy atom. The summed E-state index contributed by atoms with van der Waals surface area (Å²) in [7, 11) is 0. The molecule has 4 aromatic heterocycles. The molecule has 16 N–H and O–H groups in total. The van der Waals surface area contributed by atoms with Crippen LogP contribution in [0, 0.1) is 27.7 Å². The first kappa shape index (κ1) is 31.8. The third-order valence-corrected chi connectivity index (χ3v) is 1.68. The second-order valence-electron chi connectivity index (χ2n) is 3.70. The second kappa shape index (κ2) is 19.4. The molecule has 0 saturated carbocycles. The molecule has 160 valence electrons. The van der Waals surface area contributed by atoms with Gasteiger partial charge >= 0.3 is 0 Å². The maximum absolute atomic E-state index is 3.44. The first-order chi connectivity index (χ1) is 11.6. The smallest absolute Gasteiger partial charge is 0.00677 e. The first-order valence-electron chi connectivity index (χ1n) is 6.19. The molecule has 0 fully saturated rings. The van der Waals surface area contributed by atoms with Crippen molar-refractivity contribution in [2.24, 2.45) is 0 Å². The lowest BCUT2D eigenvalue weighted by Gasteiger charge is -1.74. The van der Waals surface area contributed by atoms with E-state index in [0.29, 0.717) is 23.3 Å². The quantitative estimate of drug-likeness (QED) is 0.247. The maximum Gasteiger partial charge on any atom is 0.00677 e. The van der Waals surface area contributed by atoms with E-state index in [1.165, 1.54) is 0 Å². The molecule has 0 amide bonds.